The fourth-order valence-corrected chi connectivity index (χ4v) is 1.71. The van der Waals surface area contributed by atoms with Crippen LogP contribution < -0.4 is 15.4 Å². The third kappa shape index (κ3) is 4.91. The second kappa shape index (κ2) is 6.93. The van der Waals surface area contributed by atoms with E-state index in [0.717, 1.165) is 18.4 Å². The van der Waals surface area contributed by atoms with E-state index >= 15 is 0 Å². The minimum atomic E-state index is -0.189. The predicted molar refractivity (Wildman–Crippen MR) is 75.4 cm³/mol. The van der Waals surface area contributed by atoms with E-state index in [1.54, 1.807) is 0 Å². The number of hydrogen-bond acceptors (Lipinski definition) is 3. The number of benzene rings is 1. The lowest BCUT2D eigenvalue weighted by Gasteiger charge is -2.08. The Morgan fingerprint density at radius 3 is 2.45 bits per heavy atom. The molecule has 0 atom stereocenters. The lowest BCUT2D eigenvalue weighted by Crippen LogP contribution is -2.37. The van der Waals surface area contributed by atoms with Gasteiger partial charge in [0.25, 0.3) is 5.91 Å². The van der Waals surface area contributed by atoms with Gasteiger partial charge in [-0.1, -0.05) is 17.7 Å². The Morgan fingerprint density at radius 1 is 1.15 bits per heavy atom. The smallest absolute Gasteiger partial charge is 0.258 e. The topological polar surface area (TPSA) is 67.4 Å². The average molecular weight is 276 g/mol. The molecule has 5 nitrogen and oxygen atoms in total. The van der Waals surface area contributed by atoms with Gasteiger partial charge in [0.1, 0.15) is 5.75 Å². The van der Waals surface area contributed by atoms with Gasteiger partial charge in [-0.2, -0.15) is 0 Å². The molecule has 2 rings (SSSR count). The van der Waals surface area contributed by atoms with Crippen molar-refractivity contribution < 1.29 is 14.3 Å². The van der Waals surface area contributed by atoms with Gasteiger partial charge in [-0.3, -0.25) is 9.59 Å². The number of amides is 2. The molecule has 1 aromatic carbocycles. The molecule has 1 aliphatic rings. The SMILES string of the molecule is Cc1ccc(OCC(=O)NCCNC(=O)C2CC2)cc1. The molecule has 1 aromatic rings. The second-order valence-electron chi connectivity index (χ2n) is 5.02. The fourth-order valence-electron chi connectivity index (χ4n) is 1.71. The third-order valence-electron chi connectivity index (χ3n) is 3.09. The average Bonchev–Trinajstić information content (AvgIpc) is 3.27. The van der Waals surface area contributed by atoms with Crippen LogP contribution in [-0.2, 0) is 9.59 Å². The minimum Gasteiger partial charge on any atom is -0.484 e. The van der Waals surface area contributed by atoms with Crippen molar-refractivity contribution in [3.05, 3.63) is 29.8 Å². The van der Waals surface area contributed by atoms with Crippen LogP contribution in [0, 0.1) is 12.8 Å². The first-order valence-corrected chi connectivity index (χ1v) is 6.89. The molecule has 0 spiro atoms. The molecule has 5 heteroatoms. The summed E-state index contributed by atoms with van der Waals surface area (Å²) < 4.78 is 5.35. The van der Waals surface area contributed by atoms with Crippen molar-refractivity contribution in [2.75, 3.05) is 19.7 Å². The van der Waals surface area contributed by atoms with E-state index in [9.17, 15) is 9.59 Å². The van der Waals surface area contributed by atoms with Gasteiger partial charge in [-0.25, -0.2) is 0 Å². The lowest BCUT2D eigenvalue weighted by atomic mass is 10.2. The van der Waals surface area contributed by atoms with Crippen LogP contribution in [0.5, 0.6) is 5.75 Å². The Balaban J connectivity index is 1.55. The molecule has 2 N–H and O–H groups in total. The van der Waals surface area contributed by atoms with Crippen LogP contribution in [0.3, 0.4) is 0 Å². The Morgan fingerprint density at radius 2 is 1.80 bits per heavy atom. The van der Waals surface area contributed by atoms with Crippen molar-refractivity contribution in [2.45, 2.75) is 19.8 Å². The molecular weight excluding hydrogens is 256 g/mol. The molecule has 108 valence electrons. The minimum absolute atomic E-state index is 0.0143. The van der Waals surface area contributed by atoms with Crippen LogP contribution in [0.25, 0.3) is 0 Å². The summed E-state index contributed by atoms with van der Waals surface area (Å²) in [6, 6.07) is 7.53. The van der Waals surface area contributed by atoms with Gasteiger partial charge in [0.2, 0.25) is 5.91 Å². The molecule has 1 saturated carbocycles. The molecular formula is C15H20N2O3. The van der Waals surface area contributed by atoms with E-state index in [1.165, 1.54) is 0 Å². The molecule has 0 bridgehead atoms. The molecule has 1 aliphatic carbocycles. The van der Waals surface area contributed by atoms with Gasteiger partial charge in [0, 0.05) is 19.0 Å². The summed E-state index contributed by atoms with van der Waals surface area (Å²) in [4.78, 5) is 22.9. The summed E-state index contributed by atoms with van der Waals surface area (Å²) >= 11 is 0. The first kappa shape index (κ1) is 14.4. The first-order chi connectivity index (χ1) is 9.65. The second-order valence-corrected chi connectivity index (χ2v) is 5.02. The van der Waals surface area contributed by atoms with E-state index in [1.807, 2.05) is 31.2 Å². The summed E-state index contributed by atoms with van der Waals surface area (Å²) in [6.07, 6.45) is 1.98. The van der Waals surface area contributed by atoms with Crippen molar-refractivity contribution in [2.24, 2.45) is 5.92 Å². The molecule has 2 amide bonds. The fraction of sp³-hybridized carbons (Fsp3) is 0.467. The number of carbonyl (C=O) groups is 2. The summed E-state index contributed by atoms with van der Waals surface area (Å²) in [6.45, 7) is 2.87. The van der Waals surface area contributed by atoms with Crippen LogP contribution in [0.1, 0.15) is 18.4 Å². The number of carbonyl (C=O) groups excluding carboxylic acids is 2. The highest BCUT2D eigenvalue weighted by atomic mass is 16.5. The van der Waals surface area contributed by atoms with Crippen LogP contribution in [0.15, 0.2) is 24.3 Å². The maximum absolute atomic E-state index is 11.5. The zero-order valence-corrected chi connectivity index (χ0v) is 11.6. The molecule has 0 aromatic heterocycles. The summed E-state index contributed by atoms with van der Waals surface area (Å²) in [5, 5.41) is 5.49. The molecule has 0 unspecified atom stereocenters. The zero-order valence-electron chi connectivity index (χ0n) is 11.6. The lowest BCUT2D eigenvalue weighted by molar-refractivity contribution is -0.124. The normalized spacial score (nSPS) is 13.7. The molecule has 1 fully saturated rings. The van der Waals surface area contributed by atoms with E-state index in [2.05, 4.69) is 10.6 Å². The van der Waals surface area contributed by atoms with Crippen molar-refractivity contribution in [3.8, 4) is 5.75 Å². The number of rotatable bonds is 7. The van der Waals surface area contributed by atoms with Gasteiger partial charge in [-0.05, 0) is 31.9 Å². The highest BCUT2D eigenvalue weighted by Crippen LogP contribution is 2.28. The van der Waals surface area contributed by atoms with Crippen LogP contribution in [0.4, 0.5) is 0 Å². The van der Waals surface area contributed by atoms with Crippen LogP contribution in [0.2, 0.25) is 0 Å². The van der Waals surface area contributed by atoms with Crippen molar-refractivity contribution >= 4 is 11.8 Å². The van der Waals surface area contributed by atoms with Gasteiger partial charge >= 0.3 is 0 Å². The van der Waals surface area contributed by atoms with E-state index in [0.29, 0.717) is 18.8 Å². The highest BCUT2D eigenvalue weighted by Gasteiger charge is 2.28. The van der Waals surface area contributed by atoms with Crippen molar-refractivity contribution in [3.63, 3.8) is 0 Å². The molecule has 0 saturated heterocycles. The molecule has 20 heavy (non-hydrogen) atoms. The largest absolute Gasteiger partial charge is 0.484 e. The van der Waals surface area contributed by atoms with E-state index in [-0.39, 0.29) is 24.3 Å². The van der Waals surface area contributed by atoms with Crippen molar-refractivity contribution in [1.82, 2.24) is 10.6 Å². The molecule has 0 radical (unpaired) electrons. The zero-order chi connectivity index (χ0) is 14.4. The number of ether oxygens (including phenoxy) is 1. The van der Waals surface area contributed by atoms with Crippen molar-refractivity contribution in [1.29, 1.82) is 0 Å². The number of hydrogen-bond donors (Lipinski definition) is 2. The monoisotopic (exact) mass is 276 g/mol. The Kier molecular flexibility index (Phi) is 4.98. The van der Waals surface area contributed by atoms with Crippen LogP contribution in [-0.4, -0.2) is 31.5 Å². The molecule has 0 heterocycles. The van der Waals surface area contributed by atoms with Gasteiger partial charge < -0.3 is 15.4 Å². The van der Waals surface area contributed by atoms with Gasteiger partial charge in [0.05, 0.1) is 0 Å². The summed E-state index contributed by atoms with van der Waals surface area (Å²) in [5.74, 6) is 0.782. The van der Waals surface area contributed by atoms with E-state index < -0.39 is 0 Å². The molecule has 0 aliphatic heterocycles. The Hall–Kier alpha value is -2.04. The van der Waals surface area contributed by atoms with Gasteiger partial charge in [-0.15, -0.1) is 0 Å². The predicted octanol–water partition coefficient (Wildman–Crippen LogP) is 1.02. The third-order valence-corrected chi connectivity index (χ3v) is 3.09. The summed E-state index contributed by atoms with van der Waals surface area (Å²) in [5.41, 5.74) is 1.15. The maximum Gasteiger partial charge on any atom is 0.258 e. The standard InChI is InChI=1S/C15H20N2O3/c1-11-2-6-13(7-3-11)20-10-14(18)16-8-9-17-15(19)12-4-5-12/h2-3,6-7,12H,4-5,8-10H2,1H3,(H,16,18)(H,17,19). The maximum atomic E-state index is 11.5. The van der Waals surface area contributed by atoms with Crippen LogP contribution >= 0.6 is 0 Å². The van der Waals surface area contributed by atoms with Gasteiger partial charge in [0.15, 0.2) is 6.61 Å². The summed E-state index contributed by atoms with van der Waals surface area (Å²) in [7, 11) is 0. The quantitative estimate of drug-likeness (QED) is 0.731. The van der Waals surface area contributed by atoms with E-state index in [4.69, 9.17) is 4.74 Å². The number of aryl methyl sites for hydroxylation is 1. The first-order valence-electron chi connectivity index (χ1n) is 6.89. The Bertz CT molecular complexity index is 467. The Labute approximate surface area is 118 Å². The number of nitrogens with one attached hydrogen (secondary N) is 2. The highest BCUT2D eigenvalue weighted by molar-refractivity contribution is 5.81.